The summed E-state index contributed by atoms with van der Waals surface area (Å²) in [6.07, 6.45) is 8.94. The van der Waals surface area contributed by atoms with Gasteiger partial charge in [0.1, 0.15) is 0 Å². The quantitative estimate of drug-likeness (QED) is 0.203. The van der Waals surface area contributed by atoms with Crippen molar-refractivity contribution >= 4 is 42.9 Å². The van der Waals surface area contributed by atoms with E-state index in [0.29, 0.717) is 5.56 Å². The number of nitrogens with zero attached hydrogens (tertiary/aromatic N) is 2. The number of nitriles is 1. The SMILES string of the molecule is CC1(C)c2ccccc2-c2cc3c(cc21)sc1cc(-c2ccc(C#N)cc2N2c4ccccc4C4(C)C=CC=CC24)ccc13. The van der Waals surface area contributed by atoms with Crippen molar-refractivity contribution in [3.05, 3.63) is 144 Å². The first kappa shape index (κ1) is 25.6. The van der Waals surface area contributed by atoms with Crippen LogP contribution in [-0.2, 0) is 10.8 Å². The summed E-state index contributed by atoms with van der Waals surface area (Å²) < 4.78 is 2.62. The van der Waals surface area contributed by atoms with Gasteiger partial charge in [0.25, 0.3) is 0 Å². The molecule has 0 radical (unpaired) electrons. The summed E-state index contributed by atoms with van der Waals surface area (Å²) in [4.78, 5) is 2.45. The zero-order chi connectivity index (χ0) is 29.8. The Morgan fingerprint density at radius 1 is 0.682 bits per heavy atom. The van der Waals surface area contributed by atoms with Crippen molar-refractivity contribution in [2.75, 3.05) is 4.90 Å². The van der Waals surface area contributed by atoms with Crippen LogP contribution in [-0.4, -0.2) is 6.04 Å². The fourth-order valence-corrected chi connectivity index (χ4v) is 9.24. The monoisotopic (exact) mass is 582 g/mol. The van der Waals surface area contributed by atoms with Crippen LogP contribution in [0.15, 0.2) is 121 Å². The number of thiophene rings is 1. The minimum absolute atomic E-state index is 0.0118. The lowest BCUT2D eigenvalue weighted by Crippen LogP contribution is -2.39. The van der Waals surface area contributed by atoms with Crippen LogP contribution >= 0.6 is 11.3 Å². The van der Waals surface area contributed by atoms with Crippen LogP contribution in [0.25, 0.3) is 42.4 Å². The molecule has 0 amide bonds. The van der Waals surface area contributed by atoms with Gasteiger partial charge in [0.15, 0.2) is 0 Å². The predicted molar refractivity (Wildman–Crippen MR) is 185 cm³/mol. The molecule has 2 aliphatic carbocycles. The lowest BCUT2D eigenvalue weighted by atomic mass is 9.76. The molecule has 6 aromatic rings. The van der Waals surface area contributed by atoms with Gasteiger partial charge in [0, 0.05) is 42.3 Å². The number of para-hydroxylation sites is 1. The molecule has 2 nitrogen and oxygen atoms in total. The molecule has 0 spiro atoms. The molecular formula is C41H30N2S. The van der Waals surface area contributed by atoms with Crippen molar-refractivity contribution in [2.45, 2.75) is 37.6 Å². The molecule has 9 rings (SSSR count). The maximum Gasteiger partial charge on any atom is 0.0992 e. The van der Waals surface area contributed by atoms with Gasteiger partial charge in [0.2, 0.25) is 0 Å². The molecule has 0 fully saturated rings. The second kappa shape index (κ2) is 8.82. The molecule has 44 heavy (non-hydrogen) atoms. The summed E-state index contributed by atoms with van der Waals surface area (Å²) in [6.45, 7) is 7.02. The molecule has 0 saturated heterocycles. The normalized spacial score (nSPS) is 20.4. The molecule has 5 aromatic carbocycles. The van der Waals surface area contributed by atoms with E-state index in [9.17, 15) is 5.26 Å². The van der Waals surface area contributed by atoms with Crippen molar-refractivity contribution < 1.29 is 0 Å². The fraction of sp³-hybridized carbons (Fsp3) is 0.146. The summed E-state index contributed by atoms with van der Waals surface area (Å²) in [5.41, 5.74) is 12.0. The molecule has 3 aliphatic rings. The van der Waals surface area contributed by atoms with Gasteiger partial charge in [-0.05, 0) is 76.7 Å². The van der Waals surface area contributed by atoms with Gasteiger partial charge in [0.05, 0.1) is 23.4 Å². The number of hydrogen-bond donors (Lipinski definition) is 0. The molecule has 1 aliphatic heterocycles. The topological polar surface area (TPSA) is 27.0 Å². The highest BCUT2D eigenvalue weighted by molar-refractivity contribution is 7.25. The zero-order valence-corrected chi connectivity index (χ0v) is 25.7. The molecular weight excluding hydrogens is 553 g/mol. The Kier molecular flexibility index (Phi) is 5.13. The van der Waals surface area contributed by atoms with Crippen LogP contribution < -0.4 is 4.90 Å². The first-order valence-corrected chi connectivity index (χ1v) is 16.1. The van der Waals surface area contributed by atoms with E-state index in [1.54, 1.807) is 0 Å². The van der Waals surface area contributed by atoms with Gasteiger partial charge in [-0.1, -0.05) is 98.8 Å². The number of allylic oxidation sites excluding steroid dienone is 2. The number of hydrogen-bond acceptors (Lipinski definition) is 3. The Bertz CT molecular complexity index is 2310. The minimum Gasteiger partial charge on any atom is -0.332 e. The molecule has 0 saturated carbocycles. The second-order valence-electron chi connectivity index (χ2n) is 13.1. The van der Waals surface area contributed by atoms with E-state index in [1.165, 1.54) is 59.2 Å². The van der Waals surface area contributed by atoms with Gasteiger partial charge in [-0.25, -0.2) is 0 Å². The van der Waals surface area contributed by atoms with Gasteiger partial charge >= 0.3 is 0 Å². The third kappa shape index (κ3) is 3.29. The lowest BCUT2D eigenvalue weighted by molar-refractivity contribution is 0.551. The summed E-state index contributed by atoms with van der Waals surface area (Å²) >= 11 is 1.88. The third-order valence-electron chi connectivity index (χ3n) is 10.4. The van der Waals surface area contributed by atoms with Gasteiger partial charge in [-0.3, -0.25) is 0 Å². The van der Waals surface area contributed by atoms with Crippen LogP contribution in [0, 0.1) is 11.3 Å². The zero-order valence-electron chi connectivity index (χ0n) is 24.9. The molecule has 2 atom stereocenters. The Balaban J connectivity index is 1.23. The average Bonchev–Trinajstić information content (AvgIpc) is 3.62. The molecule has 2 unspecified atom stereocenters. The Hall–Kier alpha value is -4.91. The van der Waals surface area contributed by atoms with Gasteiger partial charge in [-0.2, -0.15) is 5.26 Å². The van der Waals surface area contributed by atoms with Crippen LogP contribution in [0.1, 0.15) is 43.0 Å². The molecule has 3 heteroatoms. The van der Waals surface area contributed by atoms with E-state index in [0.717, 1.165) is 11.3 Å². The maximum absolute atomic E-state index is 9.94. The molecule has 0 bridgehead atoms. The summed E-state index contributed by atoms with van der Waals surface area (Å²) in [6, 6.07) is 38.1. The van der Waals surface area contributed by atoms with Crippen LogP contribution in [0.4, 0.5) is 11.4 Å². The smallest absolute Gasteiger partial charge is 0.0992 e. The van der Waals surface area contributed by atoms with Crippen molar-refractivity contribution in [1.29, 1.82) is 5.26 Å². The number of rotatable bonds is 2. The van der Waals surface area contributed by atoms with Crippen LogP contribution in [0.2, 0.25) is 0 Å². The second-order valence-corrected chi connectivity index (χ2v) is 14.2. The summed E-state index contributed by atoms with van der Waals surface area (Å²) in [7, 11) is 0. The van der Waals surface area contributed by atoms with Crippen LogP contribution in [0.5, 0.6) is 0 Å². The largest absolute Gasteiger partial charge is 0.332 e. The third-order valence-corrected chi connectivity index (χ3v) is 11.5. The van der Waals surface area contributed by atoms with E-state index in [4.69, 9.17) is 0 Å². The van der Waals surface area contributed by atoms with Gasteiger partial charge < -0.3 is 4.90 Å². The Labute approximate surface area is 261 Å². The Morgan fingerprint density at radius 2 is 1.48 bits per heavy atom. The first-order valence-electron chi connectivity index (χ1n) is 15.3. The molecule has 210 valence electrons. The molecule has 1 aromatic heterocycles. The number of anilines is 2. The summed E-state index contributed by atoms with van der Waals surface area (Å²) in [5.74, 6) is 0. The van der Waals surface area contributed by atoms with E-state index in [1.807, 2.05) is 17.4 Å². The van der Waals surface area contributed by atoms with Gasteiger partial charge in [-0.15, -0.1) is 11.3 Å². The standard InChI is InChI=1S/C41H30N2S/c1-40(2)32-11-5-4-10-28(32)30-22-31-29-18-16-26(21-37(29)44-38(31)23-34(30)40)27-17-15-25(24-42)20-36(27)43-35-13-7-6-12-33(35)41(3)19-9-8-14-39(41)43/h4-23,39H,1-3H3. The highest BCUT2D eigenvalue weighted by Crippen LogP contribution is 2.54. The lowest BCUT2D eigenvalue weighted by Gasteiger charge is -2.35. The van der Waals surface area contributed by atoms with Crippen molar-refractivity contribution in [1.82, 2.24) is 0 Å². The summed E-state index contributed by atoms with van der Waals surface area (Å²) in [5, 5.41) is 12.6. The Morgan fingerprint density at radius 3 is 2.34 bits per heavy atom. The highest BCUT2D eigenvalue weighted by Gasteiger charge is 2.46. The van der Waals surface area contributed by atoms with E-state index >= 15 is 0 Å². The highest BCUT2D eigenvalue weighted by atomic mass is 32.1. The fourth-order valence-electron chi connectivity index (χ4n) is 8.08. The van der Waals surface area contributed by atoms with Crippen molar-refractivity contribution in [3.8, 4) is 28.3 Å². The average molecular weight is 583 g/mol. The predicted octanol–water partition coefficient (Wildman–Crippen LogP) is 10.8. The van der Waals surface area contributed by atoms with Crippen molar-refractivity contribution in [2.24, 2.45) is 0 Å². The van der Waals surface area contributed by atoms with E-state index < -0.39 is 0 Å². The molecule has 0 N–H and O–H groups in total. The van der Waals surface area contributed by atoms with Crippen molar-refractivity contribution in [3.63, 3.8) is 0 Å². The molecule has 2 heterocycles. The van der Waals surface area contributed by atoms with Crippen LogP contribution in [0.3, 0.4) is 0 Å². The van der Waals surface area contributed by atoms with E-state index in [2.05, 4.69) is 147 Å². The number of benzene rings is 5. The van der Waals surface area contributed by atoms with E-state index in [-0.39, 0.29) is 16.9 Å². The first-order chi connectivity index (χ1) is 21.4. The maximum atomic E-state index is 9.94. The number of fused-ring (bicyclic) bond motifs is 9. The minimum atomic E-state index is -0.145.